The first kappa shape index (κ1) is 24.1. The minimum atomic E-state index is -4.53. The summed E-state index contributed by atoms with van der Waals surface area (Å²) < 4.78 is 43.9. The fourth-order valence-corrected chi connectivity index (χ4v) is 3.89. The lowest BCUT2D eigenvalue weighted by atomic mass is 9.96. The van der Waals surface area contributed by atoms with E-state index in [1.165, 1.54) is 30.5 Å². The fourth-order valence-electron chi connectivity index (χ4n) is 3.89. The summed E-state index contributed by atoms with van der Waals surface area (Å²) in [5.74, 6) is -1.41. The molecule has 0 unspecified atom stereocenters. The van der Waals surface area contributed by atoms with Gasteiger partial charge < -0.3 is 20.0 Å². The Morgan fingerprint density at radius 1 is 0.943 bits per heavy atom. The molecule has 2 aromatic carbocycles. The van der Waals surface area contributed by atoms with Crippen molar-refractivity contribution in [3.05, 3.63) is 83.8 Å². The summed E-state index contributed by atoms with van der Waals surface area (Å²) in [7, 11) is 0. The van der Waals surface area contributed by atoms with Crippen LogP contribution in [0.3, 0.4) is 0 Å². The van der Waals surface area contributed by atoms with Crippen LogP contribution >= 0.6 is 0 Å². The van der Waals surface area contributed by atoms with E-state index in [4.69, 9.17) is 4.42 Å². The van der Waals surface area contributed by atoms with Gasteiger partial charge in [-0.25, -0.2) is 0 Å². The molecule has 0 saturated carbocycles. The molecule has 1 fully saturated rings. The van der Waals surface area contributed by atoms with Gasteiger partial charge >= 0.3 is 6.18 Å². The van der Waals surface area contributed by atoms with Gasteiger partial charge in [-0.05, 0) is 61.4 Å². The summed E-state index contributed by atoms with van der Waals surface area (Å²) in [6, 6.07) is 13.6. The second-order valence-electron chi connectivity index (χ2n) is 8.17. The van der Waals surface area contributed by atoms with Crippen molar-refractivity contribution < 1.29 is 32.0 Å². The van der Waals surface area contributed by atoms with E-state index in [2.05, 4.69) is 10.6 Å². The third kappa shape index (κ3) is 5.89. The van der Waals surface area contributed by atoms with Crippen molar-refractivity contribution >= 4 is 29.1 Å². The van der Waals surface area contributed by atoms with Crippen molar-refractivity contribution in [2.24, 2.45) is 5.92 Å². The minimum Gasteiger partial charge on any atom is -0.459 e. The SMILES string of the molecule is O=C(Nc1cccc(C(F)(F)F)c1)c1cccc(NC(=O)[C@@H]2CCCN(C(=O)c3ccco3)C2)c1. The van der Waals surface area contributed by atoms with Crippen LogP contribution in [0.15, 0.2) is 71.3 Å². The van der Waals surface area contributed by atoms with Crippen molar-refractivity contribution in [1.82, 2.24) is 4.90 Å². The van der Waals surface area contributed by atoms with Gasteiger partial charge in [0, 0.05) is 30.0 Å². The number of rotatable bonds is 5. The Morgan fingerprint density at radius 2 is 1.69 bits per heavy atom. The van der Waals surface area contributed by atoms with Gasteiger partial charge in [-0.15, -0.1) is 0 Å². The zero-order valence-corrected chi connectivity index (χ0v) is 18.5. The van der Waals surface area contributed by atoms with Crippen LogP contribution in [-0.2, 0) is 11.0 Å². The van der Waals surface area contributed by atoms with Gasteiger partial charge in [0.2, 0.25) is 5.91 Å². The molecule has 0 radical (unpaired) electrons. The molecule has 7 nitrogen and oxygen atoms in total. The molecule has 1 aliphatic heterocycles. The molecule has 2 N–H and O–H groups in total. The van der Waals surface area contributed by atoms with Gasteiger partial charge in [0.05, 0.1) is 17.7 Å². The third-order valence-electron chi connectivity index (χ3n) is 5.65. The molecule has 0 spiro atoms. The second kappa shape index (κ2) is 10.0. The van der Waals surface area contributed by atoms with Crippen LogP contribution in [0.25, 0.3) is 0 Å². The van der Waals surface area contributed by atoms with Gasteiger partial charge in [0.1, 0.15) is 0 Å². The predicted octanol–water partition coefficient (Wildman–Crippen LogP) is 5.04. The fraction of sp³-hybridized carbons (Fsp3) is 0.240. The van der Waals surface area contributed by atoms with Crippen molar-refractivity contribution in [2.75, 3.05) is 23.7 Å². The molecule has 182 valence electrons. The van der Waals surface area contributed by atoms with Crippen molar-refractivity contribution in [1.29, 1.82) is 0 Å². The minimum absolute atomic E-state index is 0.00258. The van der Waals surface area contributed by atoms with Crippen LogP contribution in [0.1, 0.15) is 39.3 Å². The predicted molar refractivity (Wildman–Crippen MR) is 122 cm³/mol. The summed E-state index contributed by atoms with van der Waals surface area (Å²) in [6.07, 6.45) is -1.85. The summed E-state index contributed by atoms with van der Waals surface area (Å²) >= 11 is 0. The monoisotopic (exact) mass is 485 g/mol. The number of furan rings is 1. The highest BCUT2D eigenvalue weighted by atomic mass is 19.4. The number of anilines is 2. The number of carbonyl (C=O) groups is 3. The molecule has 0 aliphatic carbocycles. The van der Waals surface area contributed by atoms with E-state index in [1.54, 1.807) is 29.2 Å². The smallest absolute Gasteiger partial charge is 0.416 e. The lowest BCUT2D eigenvalue weighted by molar-refractivity contribution is -0.137. The number of piperidine rings is 1. The Bertz CT molecular complexity index is 1220. The standard InChI is InChI=1S/C25H22F3N3O4/c26-25(27,28)18-7-2-9-20(14-18)30-22(32)16-5-1-8-19(13-16)29-23(33)17-6-3-11-31(15-17)24(34)21-10-4-12-35-21/h1-2,4-5,7-10,12-14,17H,3,6,11,15H2,(H,29,33)(H,30,32)/t17-/m1/s1. The Morgan fingerprint density at radius 3 is 2.40 bits per heavy atom. The average Bonchev–Trinajstić information content (AvgIpc) is 3.38. The number of nitrogens with zero attached hydrogens (tertiary/aromatic N) is 1. The number of alkyl halides is 3. The Hall–Kier alpha value is -4.08. The molecule has 3 aromatic rings. The first-order valence-corrected chi connectivity index (χ1v) is 10.9. The number of likely N-dealkylation sites (tertiary alicyclic amines) is 1. The van der Waals surface area contributed by atoms with Gasteiger partial charge in [0.15, 0.2) is 5.76 Å². The summed E-state index contributed by atoms with van der Waals surface area (Å²) in [5, 5.41) is 5.21. The molecule has 10 heteroatoms. The lowest BCUT2D eigenvalue weighted by Crippen LogP contribution is -2.43. The van der Waals surface area contributed by atoms with E-state index < -0.39 is 23.6 Å². The maximum atomic E-state index is 12.9. The lowest BCUT2D eigenvalue weighted by Gasteiger charge is -2.31. The normalized spacial score (nSPS) is 16.0. The van der Waals surface area contributed by atoms with Crippen molar-refractivity contribution in [3.8, 4) is 0 Å². The van der Waals surface area contributed by atoms with Gasteiger partial charge in [-0.2, -0.15) is 13.2 Å². The van der Waals surface area contributed by atoms with Crippen LogP contribution in [0.4, 0.5) is 24.5 Å². The molecule has 1 aromatic heterocycles. The van der Waals surface area contributed by atoms with Crippen LogP contribution in [0.2, 0.25) is 0 Å². The van der Waals surface area contributed by atoms with Gasteiger partial charge in [-0.3, -0.25) is 14.4 Å². The Kier molecular flexibility index (Phi) is 6.90. The highest BCUT2D eigenvalue weighted by Gasteiger charge is 2.31. The van der Waals surface area contributed by atoms with Crippen LogP contribution < -0.4 is 10.6 Å². The molecule has 35 heavy (non-hydrogen) atoms. The molecule has 3 amide bonds. The van der Waals surface area contributed by atoms with E-state index in [0.29, 0.717) is 25.1 Å². The van der Waals surface area contributed by atoms with E-state index in [1.807, 2.05) is 0 Å². The number of carbonyl (C=O) groups excluding carboxylic acids is 3. The summed E-state index contributed by atoms with van der Waals surface area (Å²) in [5.41, 5.74) is -0.342. The number of hydrogen-bond donors (Lipinski definition) is 2. The van der Waals surface area contributed by atoms with E-state index in [0.717, 1.165) is 12.1 Å². The zero-order chi connectivity index (χ0) is 25.0. The molecule has 1 aliphatic rings. The first-order valence-electron chi connectivity index (χ1n) is 10.9. The number of hydrogen-bond acceptors (Lipinski definition) is 4. The molecule has 0 bridgehead atoms. The van der Waals surface area contributed by atoms with E-state index in [9.17, 15) is 27.6 Å². The molecular weight excluding hydrogens is 463 g/mol. The molecule has 1 saturated heterocycles. The number of nitrogens with one attached hydrogen (secondary N) is 2. The third-order valence-corrected chi connectivity index (χ3v) is 5.65. The molecule has 2 heterocycles. The zero-order valence-electron chi connectivity index (χ0n) is 18.5. The largest absolute Gasteiger partial charge is 0.459 e. The second-order valence-corrected chi connectivity index (χ2v) is 8.17. The molecular formula is C25H22F3N3O4. The van der Waals surface area contributed by atoms with Crippen LogP contribution in [-0.4, -0.2) is 35.7 Å². The summed E-state index contributed by atoms with van der Waals surface area (Å²) in [4.78, 5) is 39.5. The summed E-state index contributed by atoms with van der Waals surface area (Å²) in [6.45, 7) is 0.760. The van der Waals surface area contributed by atoms with Crippen LogP contribution in [0, 0.1) is 5.92 Å². The average molecular weight is 485 g/mol. The first-order chi connectivity index (χ1) is 16.7. The number of halogens is 3. The maximum absolute atomic E-state index is 12.9. The number of amides is 3. The number of benzene rings is 2. The van der Waals surface area contributed by atoms with Crippen molar-refractivity contribution in [2.45, 2.75) is 19.0 Å². The van der Waals surface area contributed by atoms with Crippen LogP contribution in [0.5, 0.6) is 0 Å². The topological polar surface area (TPSA) is 91.7 Å². The quantitative estimate of drug-likeness (QED) is 0.530. The maximum Gasteiger partial charge on any atom is 0.416 e. The Balaban J connectivity index is 1.39. The highest BCUT2D eigenvalue weighted by Crippen LogP contribution is 2.31. The van der Waals surface area contributed by atoms with Gasteiger partial charge in [-0.1, -0.05) is 12.1 Å². The molecule has 4 rings (SSSR count). The Labute approximate surface area is 198 Å². The molecule has 1 atom stereocenters. The van der Waals surface area contributed by atoms with Crippen molar-refractivity contribution in [3.63, 3.8) is 0 Å². The highest BCUT2D eigenvalue weighted by molar-refractivity contribution is 6.05. The van der Waals surface area contributed by atoms with Gasteiger partial charge in [0.25, 0.3) is 11.8 Å². The van der Waals surface area contributed by atoms with E-state index >= 15 is 0 Å². The van der Waals surface area contributed by atoms with E-state index in [-0.39, 0.29) is 35.4 Å².